The summed E-state index contributed by atoms with van der Waals surface area (Å²) >= 11 is 2.41. The molecule has 0 saturated carbocycles. The zero-order valence-electron chi connectivity index (χ0n) is 11.4. The number of carbonyl (C=O) groups excluding carboxylic acids is 4. The molecule has 1 aromatic carbocycles. The first-order valence-electron chi connectivity index (χ1n) is 6.48. The number of hydrogen-bond acceptors (Lipinski definition) is 4. The van der Waals surface area contributed by atoms with Crippen LogP contribution < -0.4 is 5.32 Å². The molecular formula is C14H12AsClN2O4. The van der Waals surface area contributed by atoms with Crippen LogP contribution in [0, 0.1) is 0 Å². The molecule has 1 unspecified atom stereocenters. The van der Waals surface area contributed by atoms with Crippen LogP contribution in [0.25, 0.3) is 0 Å². The number of halogens is 1. The fourth-order valence-corrected chi connectivity index (χ4v) is 3.03. The molecule has 1 fully saturated rings. The van der Waals surface area contributed by atoms with E-state index in [9.17, 15) is 19.2 Å². The predicted octanol–water partition coefficient (Wildman–Crippen LogP) is 0.178. The van der Waals surface area contributed by atoms with Gasteiger partial charge in [-0.25, -0.2) is 0 Å². The van der Waals surface area contributed by atoms with Crippen molar-refractivity contribution in [2.24, 2.45) is 0 Å². The molecule has 4 amide bonds. The van der Waals surface area contributed by atoms with Crippen LogP contribution in [0.2, 0.25) is 0 Å². The Morgan fingerprint density at radius 3 is 2.45 bits per heavy atom. The molecule has 0 bridgehead atoms. The fourth-order valence-electron chi connectivity index (χ4n) is 2.62. The number of piperidine rings is 1. The molecule has 0 aliphatic carbocycles. The van der Waals surface area contributed by atoms with E-state index in [4.69, 9.17) is 0 Å². The van der Waals surface area contributed by atoms with E-state index < -0.39 is 23.8 Å². The number of imide groups is 2. The number of rotatable bonds is 2. The normalized spacial score (nSPS) is 20.6. The minimum atomic E-state index is -0.907. The molecule has 1 N–H and O–H groups in total. The van der Waals surface area contributed by atoms with Crippen LogP contribution in [0.5, 0.6) is 0 Å². The number of amides is 4. The van der Waals surface area contributed by atoms with Crippen molar-refractivity contribution in [3.05, 3.63) is 34.9 Å². The Morgan fingerprint density at radius 1 is 1.14 bits per heavy atom. The van der Waals surface area contributed by atoms with Gasteiger partial charge in [-0.3, -0.25) is 0 Å². The topological polar surface area (TPSA) is 83.6 Å². The Kier molecular flexibility index (Phi) is 4.73. The summed E-state index contributed by atoms with van der Waals surface area (Å²) in [7, 11) is 0. The summed E-state index contributed by atoms with van der Waals surface area (Å²) in [6.45, 7) is 0. The number of nitrogens with one attached hydrogen (secondary N) is 1. The van der Waals surface area contributed by atoms with E-state index in [0.29, 0.717) is 16.3 Å². The van der Waals surface area contributed by atoms with E-state index in [1.54, 1.807) is 18.2 Å². The van der Waals surface area contributed by atoms with Gasteiger partial charge in [0.05, 0.1) is 0 Å². The molecule has 1 aromatic rings. The summed E-state index contributed by atoms with van der Waals surface area (Å²) in [6, 6.07) is 4.18. The second-order valence-electron chi connectivity index (χ2n) is 4.99. The fraction of sp³-hybridized carbons (Fsp3) is 0.286. The van der Waals surface area contributed by atoms with Gasteiger partial charge in [0.25, 0.3) is 0 Å². The van der Waals surface area contributed by atoms with Gasteiger partial charge >= 0.3 is 129 Å². The molecule has 2 aliphatic heterocycles. The van der Waals surface area contributed by atoms with E-state index in [1.165, 1.54) is 0 Å². The zero-order valence-corrected chi connectivity index (χ0v) is 14.1. The van der Waals surface area contributed by atoms with Crippen molar-refractivity contribution in [2.75, 3.05) is 0 Å². The van der Waals surface area contributed by atoms with Gasteiger partial charge in [0, 0.05) is 0 Å². The third kappa shape index (κ3) is 2.57. The summed E-state index contributed by atoms with van der Waals surface area (Å²) < 4.78 is 0. The van der Waals surface area contributed by atoms with Gasteiger partial charge in [0.15, 0.2) is 0 Å². The number of carbonyl (C=O) groups is 4. The molecule has 2 heterocycles. The minimum absolute atomic E-state index is 0. The van der Waals surface area contributed by atoms with Crippen LogP contribution in [0.3, 0.4) is 0 Å². The maximum absolute atomic E-state index is 12.4. The Hall–Kier alpha value is -1.65. The van der Waals surface area contributed by atoms with Crippen molar-refractivity contribution < 1.29 is 19.2 Å². The van der Waals surface area contributed by atoms with Gasteiger partial charge in [-0.1, -0.05) is 0 Å². The standard InChI is InChI=1S/C14H11AsN2O4.ClH/c15-6-7-1-2-8-9(5-7)14(21)17(13(8)20)10-3-4-11(18)16-12(10)19;/h1-2,5,10H,3-4,6H2,(H,16,18,19);1H. The number of fused-ring (bicyclic) bond motifs is 1. The molecule has 3 rings (SSSR count). The third-order valence-electron chi connectivity index (χ3n) is 3.69. The first-order chi connectivity index (χ1) is 10.0. The predicted molar refractivity (Wildman–Crippen MR) is 79.8 cm³/mol. The second kappa shape index (κ2) is 6.22. The Balaban J connectivity index is 0.00000176. The number of hydrogen-bond donors (Lipinski definition) is 1. The van der Waals surface area contributed by atoms with Crippen molar-refractivity contribution in [1.82, 2.24) is 10.2 Å². The van der Waals surface area contributed by atoms with Crippen LogP contribution in [0.4, 0.5) is 0 Å². The third-order valence-corrected chi connectivity index (χ3v) is 4.45. The Bertz CT molecular complexity index is 691. The summed E-state index contributed by atoms with van der Waals surface area (Å²) in [4.78, 5) is 48.8. The van der Waals surface area contributed by atoms with E-state index in [-0.39, 0.29) is 31.2 Å². The SMILES string of the molecule is Cl.O=C1CCC(N2C(=O)c3ccc(C[As])cc3C2=O)C(=O)N1. The average Bonchev–Trinajstić information content (AvgIpc) is 2.71. The van der Waals surface area contributed by atoms with Crippen LogP contribution in [-0.2, 0) is 14.8 Å². The number of benzene rings is 1. The molecule has 0 aromatic heterocycles. The Labute approximate surface area is 141 Å². The van der Waals surface area contributed by atoms with E-state index >= 15 is 0 Å². The molecule has 1 saturated heterocycles. The molecule has 1 atom stereocenters. The van der Waals surface area contributed by atoms with Crippen molar-refractivity contribution >= 4 is 52.9 Å². The maximum atomic E-state index is 12.4. The van der Waals surface area contributed by atoms with E-state index in [1.807, 2.05) is 0 Å². The molecule has 2 aliphatic rings. The molecule has 8 heteroatoms. The van der Waals surface area contributed by atoms with Crippen molar-refractivity contribution in [1.29, 1.82) is 0 Å². The summed E-state index contributed by atoms with van der Waals surface area (Å²) in [5.74, 6) is -1.90. The van der Waals surface area contributed by atoms with Crippen molar-refractivity contribution in [3.8, 4) is 0 Å². The first-order valence-corrected chi connectivity index (χ1v) is 7.81. The van der Waals surface area contributed by atoms with Gasteiger partial charge in [0.2, 0.25) is 0 Å². The van der Waals surface area contributed by atoms with Crippen LogP contribution in [0.15, 0.2) is 18.2 Å². The average molecular weight is 383 g/mol. The van der Waals surface area contributed by atoms with Crippen LogP contribution in [0.1, 0.15) is 39.1 Å². The van der Waals surface area contributed by atoms with Gasteiger partial charge in [-0.15, -0.1) is 12.4 Å². The van der Waals surface area contributed by atoms with Crippen LogP contribution in [-0.4, -0.2) is 51.4 Å². The monoisotopic (exact) mass is 382 g/mol. The molecule has 114 valence electrons. The molecule has 6 nitrogen and oxygen atoms in total. The second-order valence-corrected chi connectivity index (χ2v) is 5.65. The molecular weight excluding hydrogens is 371 g/mol. The zero-order chi connectivity index (χ0) is 15.1. The first kappa shape index (κ1) is 16.7. The number of nitrogens with zero attached hydrogens (tertiary/aromatic N) is 1. The van der Waals surface area contributed by atoms with Gasteiger partial charge in [0.1, 0.15) is 0 Å². The van der Waals surface area contributed by atoms with Gasteiger partial charge in [-0.05, 0) is 0 Å². The summed E-state index contributed by atoms with van der Waals surface area (Å²) in [5, 5.41) is 2.86. The molecule has 2 radical (unpaired) electrons. The summed E-state index contributed by atoms with van der Waals surface area (Å²) in [5.41, 5.74) is 1.57. The quantitative estimate of drug-likeness (QED) is 0.584. The molecule has 22 heavy (non-hydrogen) atoms. The van der Waals surface area contributed by atoms with Crippen molar-refractivity contribution in [2.45, 2.75) is 24.1 Å². The Morgan fingerprint density at radius 2 is 1.82 bits per heavy atom. The summed E-state index contributed by atoms with van der Waals surface area (Å²) in [6.07, 6.45) is 0.301. The van der Waals surface area contributed by atoms with Crippen molar-refractivity contribution in [3.63, 3.8) is 0 Å². The molecule has 0 spiro atoms. The van der Waals surface area contributed by atoms with E-state index in [2.05, 4.69) is 22.2 Å². The van der Waals surface area contributed by atoms with Gasteiger partial charge < -0.3 is 0 Å². The van der Waals surface area contributed by atoms with Crippen LogP contribution >= 0.6 is 12.4 Å². The van der Waals surface area contributed by atoms with E-state index in [0.717, 1.165) is 10.5 Å². The van der Waals surface area contributed by atoms with Gasteiger partial charge in [-0.2, -0.15) is 0 Å².